The van der Waals surface area contributed by atoms with Crippen molar-refractivity contribution in [3.8, 4) is 0 Å². The smallest absolute Gasteiger partial charge is 0.373 e. The minimum Gasteiger partial charge on any atom is -0.373 e. The number of nitrogens with zero attached hydrogens (tertiary/aromatic N) is 1. The molecule has 2 atom stereocenters. The van der Waals surface area contributed by atoms with Crippen molar-refractivity contribution >= 4 is 71.4 Å². The summed E-state index contributed by atoms with van der Waals surface area (Å²) in [5, 5.41) is 7.46. The number of sulfone groups is 1. The first kappa shape index (κ1) is 26.3. The maximum absolute atomic E-state index is 14.6. The number of amides is 1. The Bertz CT molecular complexity index is 1550. The molecular formula is C24H16BrCl2F3N2O4S. The van der Waals surface area contributed by atoms with E-state index in [4.69, 9.17) is 28.0 Å². The Kier molecular flexibility index (Phi) is 6.49. The molecule has 194 valence electrons. The maximum Gasteiger partial charge on any atom is 0.436 e. The van der Waals surface area contributed by atoms with Crippen molar-refractivity contribution in [2.24, 2.45) is 5.16 Å². The molecule has 0 saturated carbocycles. The molecule has 6 nitrogen and oxygen atoms in total. The first-order chi connectivity index (χ1) is 17.3. The number of alkyl halides is 4. The van der Waals surface area contributed by atoms with Gasteiger partial charge in [-0.1, -0.05) is 74.6 Å². The number of nitrogens with one attached hydrogen (secondary N) is 1. The van der Waals surface area contributed by atoms with Crippen molar-refractivity contribution in [2.45, 2.75) is 22.6 Å². The largest absolute Gasteiger partial charge is 0.436 e. The molecule has 2 aliphatic rings. The van der Waals surface area contributed by atoms with Gasteiger partial charge in [-0.15, -0.1) is 0 Å². The summed E-state index contributed by atoms with van der Waals surface area (Å²) in [6.45, 7) is 0. The molecule has 0 aromatic heterocycles. The van der Waals surface area contributed by atoms with E-state index in [0.29, 0.717) is 16.3 Å². The summed E-state index contributed by atoms with van der Waals surface area (Å²) in [6, 6.07) is 12.7. The molecule has 3 aromatic rings. The lowest BCUT2D eigenvalue weighted by atomic mass is 9.85. The number of rotatable bonds is 4. The van der Waals surface area contributed by atoms with Crippen LogP contribution >= 0.6 is 39.1 Å². The number of hydrogen-bond donors (Lipinski definition) is 1. The van der Waals surface area contributed by atoms with Crippen molar-refractivity contribution in [3.05, 3.63) is 81.3 Å². The number of oxime groups is 1. The highest BCUT2D eigenvalue weighted by Gasteiger charge is 2.67. The van der Waals surface area contributed by atoms with Crippen LogP contribution in [0, 0.1) is 0 Å². The van der Waals surface area contributed by atoms with Crippen LogP contribution in [0.5, 0.6) is 0 Å². The molecule has 13 heteroatoms. The molecular weight excluding hydrogens is 620 g/mol. The molecule has 5 rings (SSSR count). The number of carbonyl (C=O) groups excluding carboxylic acids is 1. The fourth-order valence-electron chi connectivity index (χ4n) is 4.55. The van der Waals surface area contributed by atoms with E-state index >= 15 is 0 Å². The van der Waals surface area contributed by atoms with Crippen molar-refractivity contribution in [1.29, 1.82) is 0 Å². The van der Waals surface area contributed by atoms with E-state index < -0.39 is 38.4 Å². The average molecular weight is 636 g/mol. The third kappa shape index (κ3) is 4.49. The van der Waals surface area contributed by atoms with Gasteiger partial charge in [0.2, 0.25) is 0 Å². The highest BCUT2D eigenvalue weighted by molar-refractivity contribution is 9.10. The first-order valence-electron chi connectivity index (χ1n) is 10.8. The summed E-state index contributed by atoms with van der Waals surface area (Å²) in [4.78, 5) is 16.6. The van der Waals surface area contributed by atoms with Gasteiger partial charge in [-0.05, 0) is 35.0 Å². The second kappa shape index (κ2) is 9.14. The summed E-state index contributed by atoms with van der Waals surface area (Å²) in [7, 11) is -3.13. The minimum absolute atomic E-state index is 0.00273. The third-order valence-electron chi connectivity index (χ3n) is 6.29. The van der Waals surface area contributed by atoms with E-state index in [0.717, 1.165) is 12.1 Å². The lowest BCUT2D eigenvalue weighted by Crippen LogP contribution is -2.52. The minimum atomic E-state index is -4.92. The Labute approximate surface area is 227 Å². The number of benzene rings is 3. The number of fused-ring (bicyclic) bond motifs is 1. The normalized spacial score (nSPS) is 23.3. The summed E-state index contributed by atoms with van der Waals surface area (Å²) in [5.74, 6) is -0.761. The fraction of sp³-hybridized carbons (Fsp3) is 0.250. The highest BCUT2D eigenvalue weighted by Crippen LogP contribution is 2.52. The predicted octanol–water partition coefficient (Wildman–Crippen LogP) is 5.63. The van der Waals surface area contributed by atoms with E-state index in [-0.39, 0.29) is 38.4 Å². The van der Waals surface area contributed by atoms with Crippen LogP contribution in [0.4, 0.5) is 13.2 Å². The Hall–Kier alpha value is -2.34. The summed E-state index contributed by atoms with van der Waals surface area (Å²) < 4.78 is 66.7. The Balaban J connectivity index is 1.55. The van der Waals surface area contributed by atoms with Crippen LogP contribution in [0.3, 0.4) is 0 Å². The molecule has 3 aromatic carbocycles. The van der Waals surface area contributed by atoms with E-state index in [1.807, 2.05) is 0 Å². The standard InChI is InChI=1S/C24H16BrCl2F3N2O4S/c25-21-20(32-36-23(21,24(28,29)30)12-7-13(26)9-14(27)8-12)18-5-6-19(17-4-2-1-3-16(17)18)22(33)31-15-10-37(34,35)11-15/h1-9,15,21H,10-11H2,(H,31,33). The molecule has 1 fully saturated rings. The Morgan fingerprint density at radius 1 is 1.05 bits per heavy atom. The molecule has 2 aliphatic heterocycles. The van der Waals surface area contributed by atoms with Gasteiger partial charge < -0.3 is 10.2 Å². The van der Waals surface area contributed by atoms with Crippen LogP contribution in [0.1, 0.15) is 21.5 Å². The molecule has 0 aliphatic carbocycles. The lowest BCUT2D eigenvalue weighted by Gasteiger charge is -2.33. The number of halogens is 6. The van der Waals surface area contributed by atoms with Gasteiger partial charge in [0.1, 0.15) is 10.5 Å². The molecule has 2 heterocycles. The fourth-order valence-corrected chi connectivity index (χ4v) is 7.31. The van der Waals surface area contributed by atoms with Crippen LogP contribution in [0.2, 0.25) is 10.0 Å². The average Bonchev–Trinajstić information content (AvgIpc) is 3.14. The molecule has 0 spiro atoms. The second-order valence-electron chi connectivity index (χ2n) is 8.78. The summed E-state index contributed by atoms with van der Waals surface area (Å²) in [6.07, 6.45) is -4.92. The van der Waals surface area contributed by atoms with Crippen molar-refractivity contribution in [3.63, 3.8) is 0 Å². The van der Waals surface area contributed by atoms with Gasteiger partial charge in [-0.25, -0.2) is 8.42 Å². The van der Waals surface area contributed by atoms with Gasteiger partial charge in [0.05, 0.1) is 17.5 Å². The second-order valence-corrected chi connectivity index (χ2v) is 12.7. The Morgan fingerprint density at radius 2 is 1.68 bits per heavy atom. The van der Waals surface area contributed by atoms with Crippen LogP contribution in [-0.4, -0.2) is 48.6 Å². The monoisotopic (exact) mass is 634 g/mol. The van der Waals surface area contributed by atoms with Gasteiger partial charge in [0.15, 0.2) is 9.84 Å². The van der Waals surface area contributed by atoms with Crippen LogP contribution in [0.15, 0.2) is 59.8 Å². The topological polar surface area (TPSA) is 84.8 Å². The third-order valence-corrected chi connectivity index (χ3v) is 9.62. The van der Waals surface area contributed by atoms with Gasteiger partial charge in [0, 0.05) is 26.7 Å². The van der Waals surface area contributed by atoms with E-state index in [1.54, 1.807) is 24.3 Å². The molecule has 1 amide bonds. The quantitative estimate of drug-likeness (QED) is 0.377. The van der Waals surface area contributed by atoms with E-state index in [2.05, 4.69) is 26.4 Å². The molecule has 1 saturated heterocycles. The maximum atomic E-state index is 14.6. The van der Waals surface area contributed by atoms with Crippen molar-refractivity contribution in [1.82, 2.24) is 5.32 Å². The molecule has 1 N–H and O–H groups in total. The molecule has 0 bridgehead atoms. The highest BCUT2D eigenvalue weighted by atomic mass is 79.9. The van der Waals surface area contributed by atoms with Crippen LogP contribution < -0.4 is 5.32 Å². The zero-order valence-electron chi connectivity index (χ0n) is 18.5. The predicted molar refractivity (Wildman–Crippen MR) is 138 cm³/mol. The van der Waals surface area contributed by atoms with Crippen LogP contribution in [-0.2, 0) is 20.3 Å². The number of carbonyl (C=O) groups is 1. The van der Waals surface area contributed by atoms with E-state index in [9.17, 15) is 26.4 Å². The zero-order chi connectivity index (χ0) is 26.8. The summed E-state index contributed by atoms with van der Waals surface area (Å²) >= 11 is 15.2. The lowest BCUT2D eigenvalue weighted by molar-refractivity contribution is -0.273. The van der Waals surface area contributed by atoms with Crippen LogP contribution in [0.25, 0.3) is 10.8 Å². The van der Waals surface area contributed by atoms with E-state index in [1.165, 1.54) is 18.2 Å². The molecule has 0 radical (unpaired) electrons. The first-order valence-corrected chi connectivity index (χ1v) is 14.3. The molecule has 37 heavy (non-hydrogen) atoms. The Morgan fingerprint density at radius 3 is 2.27 bits per heavy atom. The SMILES string of the molecule is O=C(NC1CS(=O)(=O)C1)c1ccc(C2=NOC(c3cc(Cl)cc(Cl)c3)(C(F)(F)F)C2Br)c2ccccc12. The van der Waals surface area contributed by atoms with Gasteiger partial charge in [-0.2, -0.15) is 13.2 Å². The van der Waals surface area contributed by atoms with Gasteiger partial charge in [0.25, 0.3) is 11.5 Å². The number of hydrogen-bond acceptors (Lipinski definition) is 5. The van der Waals surface area contributed by atoms with Crippen molar-refractivity contribution in [2.75, 3.05) is 11.5 Å². The van der Waals surface area contributed by atoms with Gasteiger partial charge >= 0.3 is 6.18 Å². The van der Waals surface area contributed by atoms with Crippen molar-refractivity contribution < 1.29 is 31.2 Å². The molecule has 2 unspecified atom stereocenters. The zero-order valence-corrected chi connectivity index (χ0v) is 22.4. The summed E-state index contributed by atoms with van der Waals surface area (Å²) in [5.41, 5.74) is -2.71. The van der Waals surface area contributed by atoms with Gasteiger partial charge in [-0.3, -0.25) is 4.79 Å².